The number of imide groups is 1. The average Bonchev–Trinajstić information content (AvgIpc) is 2.89. The quantitative estimate of drug-likeness (QED) is 0.722. The monoisotopic (exact) mass is 363 g/mol. The number of hydrogen-bond donors (Lipinski definition) is 0. The van der Waals surface area contributed by atoms with Crippen molar-refractivity contribution in [3.8, 4) is 11.1 Å². The van der Waals surface area contributed by atoms with Crippen LogP contribution in [0.15, 0.2) is 66.7 Å². The van der Waals surface area contributed by atoms with Crippen LogP contribution in [0.3, 0.4) is 0 Å². The minimum atomic E-state index is -0.650. The summed E-state index contributed by atoms with van der Waals surface area (Å²) < 4.78 is 5.41. The van der Waals surface area contributed by atoms with Gasteiger partial charge in [0.2, 0.25) is 0 Å². The van der Waals surface area contributed by atoms with E-state index < -0.39 is 11.7 Å². The maximum absolute atomic E-state index is 12.5. The van der Waals surface area contributed by atoms with Gasteiger partial charge in [0, 0.05) is 5.57 Å². The molecule has 0 aliphatic carbocycles. The van der Waals surface area contributed by atoms with Crippen LogP contribution in [0.2, 0.25) is 0 Å². The molecule has 0 bridgehead atoms. The van der Waals surface area contributed by atoms with Gasteiger partial charge >= 0.3 is 6.09 Å². The molecule has 1 aliphatic rings. The van der Waals surface area contributed by atoms with Crippen molar-refractivity contribution in [2.24, 2.45) is 0 Å². The predicted molar refractivity (Wildman–Crippen MR) is 106 cm³/mol. The van der Waals surface area contributed by atoms with Crippen LogP contribution in [-0.2, 0) is 16.0 Å². The smallest absolute Gasteiger partial charge is 0.417 e. The van der Waals surface area contributed by atoms with Gasteiger partial charge in [0.15, 0.2) is 0 Å². The first-order valence-electron chi connectivity index (χ1n) is 9.13. The molecular formula is C23H25NO3. The van der Waals surface area contributed by atoms with Crippen LogP contribution in [0, 0.1) is 0 Å². The molecule has 4 nitrogen and oxygen atoms in total. The van der Waals surface area contributed by atoms with Gasteiger partial charge in [0.1, 0.15) is 5.60 Å². The molecule has 1 unspecified atom stereocenters. The SMILES string of the molecule is C=C1CC(Cc2ccc(-c3ccccc3)cc2)N(C(=O)OC(C)(C)C)C1=O. The fraction of sp³-hybridized carbons (Fsp3) is 0.304. The molecule has 2 aromatic rings. The van der Waals surface area contributed by atoms with Crippen molar-refractivity contribution in [1.29, 1.82) is 0 Å². The summed E-state index contributed by atoms with van der Waals surface area (Å²) in [5.41, 5.74) is 3.16. The highest BCUT2D eigenvalue weighted by molar-refractivity contribution is 6.04. The molecular weight excluding hydrogens is 338 g/mol. The molecule has 2 aromatic carbocycles. The molecule has 1 heterocycles. The van der Waals surface area contributed by atoms with E-state index in [9.17, 15) is 9.59 Å². The Bertz CT molecular complexity index is 847. The number of hydrogen-bond acceptors (Lipinski definition) is 3. The largest absolute Gasteiger partial charge is 0.443 e. The molecule has 0 radical (unpaired) electrons. The Balaban J connectivity index is 1.76. The maximum Gasteiger partial charge on any atom is 0.417 e. The minimum absolute atomic E-state index is 0.262. The fourth-order valence-electron chi connectivity index (χ4n) is 3.24. The van der Waals surface area contributed by atoms with Crippen molar-refractivity contribution in [3.05, 3.63) is 72.3 Å². The second kappa shape index (κ2) is 7.39. The van der Waals surface area contributed by atoms with E-state index in [1.165, 1.54) is 4.90 Å². The zero-order valence-electron chi connectivity index (χ0n) is 16.1. The molecule has 27 heavy (non-hydrogen) atoms. The first-order valence-corrected chi connectivity index (χ1v) is 9.13. The second-order valence-electron chi connectivity index (χ2n) is 7.88. The summed E-state index contributed by atoms with van der Waals surface area (Å²) in [5.74, 6) is -0.338. The Hall–Kier alpha value is -2.88. The summed E-state index contributed by atoms with van der Waals surface area (Å²) in [6.07, 6.45) is 0.453. The van der Waals surface area contributed by atoms with Crippen LogP contribution in [0.25, 0.3) is 11.1 Å². The summed E-state index contributed by atoms with van der Waals surface area (Å²) in [5, 5.41) is 0. The van der Waals surface area contributed by atoms with E-state index >= 15 is 0 Å². The van der Waals surface area contributed by atoms with E-state index in [1.54, 1.807) is 20.8 Å². The summed E-state index contributed by atoms with van der Waals surface area (Å²) >= 11 is 0. The van der Waals surface area contributed by atoms with Crippen LogP contribution in [-0.4, -0.2) is 28.5 Å². The molecule has 0 N–H and O–H groups in total. The number of amides is 2. The molecule has 2 amide bonds. The number of nitrogens with zero attached hydrogens (tertiary/aromatic N) is 1. The van der Waals surface area contributed by atoms with Crippen LogP contribution < -0.4 is 0 Å². The number of likely N-dealkylation sites (tertiary alicyclic amines) is 1. The van der Waals surface area contributed by atoms with Gasteiger partial charge in [0.05, 0.1) is 6.04 Å². The Morgan fingerprint density at radius 3 is 2.26 bits per heavy atom. The normalized spacial score (nSPS) is 17.3. The third kappa shape index (κ3) is 4.45. The van der Waals surface area contributed by atoms with Crippen LogP contribution in [0.5, 0.6) is 0 Å². The van der Waals surface area contributed by atoms with Gasteiger partial charge in [-0.15, -0.1) is 0 Å². The second-order valence-corrected chi connectivity index (χ2v) is 7.88. The van der Waals surface area contributed by atoms with Gasteiger partial charge in [0.25, 0.3) is 5.91 Å². The molecule has 1 saturated heterocycles. The fourth-order valence-corrected chi connectivity index (χ4v) is 3.24. The van der Waals surface area contributed by atoms with Gasteiger partial charge in [-0.3, -0.25) is 4.79 Å². The van der Waals surface area contributed by atoms with Crippen LogP contribution in [0.4, 0.5) is 4.79 Å². The van der Waals surface area contributed by atoms with E-state index in [4.69, 9.17) is 4.74 Å². The zero-order chi connectivity index (χ0) is 19.6. The van der Waals surface area contributed by atoms with Crippen LogP contribution in [0.1, 0.15) is 32.8 Å². The van der Waals surface area contributed by atoms with Gasteiger partial charge < -0.3 is 4.74 Å². The van der Waals surface area contributed by atoms with Gasteiger partial charge in [-0.25, -0.2) is 9.69 Å². The molecule has 4 heteroatoms. The summed E-state index contributed by atoms with van der Waals surface area (Å²) in [4.78, 5) is 26.1. The highest BCUT2D eigenvalue weighted by Gasteiger charge is 2.40. The number of benzene rings is 2. The lowest BCUT2D eigenvalue weighted by molar-refractivity contribution is -0.125. The lowest BCUT2D eigenvalue weighted by Crippen LogP contribution is -2.43. The molecule has 0 spiro atoms. The molecule has 140 valence electrons. The predicted octanol–water partition coefficient (Wildman–Crippen LogP) is 4.99. The van der Waals surface area contributed by atoms with Crippen molar-refractivity contribution in [1.82, 2.24) is 4.90 Å². The summed E-state index contributed by atoms with van der Waals surface area (Å²) in [6.45, 7) is 9.18. The van der Waals surface area contributed by atoms with Crippen LogP contribution >= 0.6 is 0 Å². The molecule has 1 aliphatic heterocycles. The Morgan fingerprint density at radius 1 is 1.07 bits per heavy atom. The van der Waals surface area contributed by atoms with Gasteiger partial charge in [-0.1, -0.05) is 61.2 Å². The van der Waals surface area contributed by atoms with E-state index in [0.29, 0.717) is 18.4 Å². The highest BCUT2D eigenvalue weighted by atomic mass is 16.6. The lowest BCUT2D eigenvalue weighted by atomic mass is 9.99. The van der Waals surface area contributed by atoms with Gasteiger partial charge in [-0.05, 0) is 50.3 Å². The summed E-state index contributed by atoms with van der Waals surface area (Å²) in [7, 11) is 0. The number of carbonyl (C=O) groups is 2. The third-order valence-corrected chi connectivity index (χ3v) is 4.49. The highest BCUT2D eigenvalue weighted by Crippen LogP contribution is 2.28. The Morgan fingerprint density at radius 2 is 1.67 bits per heavy atom. The van der Waals surface area contributed by atoms with E-state index in [0.717, 1.165) is 16.7 Å². The molecule has 1 atom stereocenters. The number of ether oxygens (including phenoxy) is 1. The molecule has 0 aromatic heterocycles. The van der Waals surface area contributed by atoms with Gasteiger partial charge in [-0.2, -0.15) is 0 Å². The first-order chi connectivity index (χ1) is 12.7. The third-order valence-electron chi connectivity index (χ3n) is 4.49. The lowest BCUT2D eigenvalue weighted by Gasteiger charge is -2.27. The van der Waals surface area contributed by atoms with E-state index in [-0.39, 0.29) is 11.9 Å². The van der Waals surface area contributed by atoms with E-state index in [1.807, 2.05) is 30.3 Å². The zero-order valence-corrected chi connectivity index (χ0v) is 16.1. The van der Waals surface area contributed by atoms with Crippen molar-refractivity contribution in [2.75, 3.05) is 0 Å². The topological polar surface area (TPSA) is 46.6 Å². The van der Waals surface area contributed by atoms with Crippen molar-refractivity contribution < 1.29 is 14.3 Å². The number of carbonyl (C=O) groups excluding carboxylic acids is 2. The van der Waals surface area contributed by atoms with Crippen molar-refractivity contribution in [3.63, 3.8) is 0 Å². The standard InChI is InChI=1S/C23H25NO3/c1-16-14-20(24(21(16)25)22(26)27-23(2,3)4)15-17-10-12-19(13-11-17)18-8-6-5-7-9-18/h5-13,20H,1,14-15H2,2-4H3. The molecule has 1 fully saturated rings. The van der Waals surface area contributed by atoms with Crippen molar-refractivity contribution >= 4 is 12.0 Å². The number of rotatable bonds is 3. The first kappa shape index (κ1) is 18.9. The Labute approximate surface area is 160 Å². The van der Waals surface area contributed by atoms with E-state index in [2.05, 4.69) is 30.8 Å². The molecule has 3 rings (SSSR count). The Kier molecular flexibility index (Phi) is 5.17. The van der Waals surface area contributed by atoms with Crippen molar-refractivity contribution in [2.45, 2.75) is 45.3 Å². The maximum atomic E-state index is 12.5. The molecule has 0 saturated carbocycles. The summed E-state index contributed by atoms with van der Waals surface area (Å²) in [6, 6.07) is 18.1. The average molecular weight is 363 g/mol. The minimum Gasteiger partial charge on any atom is -0.443 e.